The quantitative estimate of drug-likeness (QED) is 0.332. The summed E-state index contributed by atoms with van der Waals surface area (Å²) in [5.41, 5.74) is 2.33. The lowest BCUT2D eigenvalue weighted by atomic mass is 9.97. The number of aryl methyl sites for hydroxylation is 2. The summed E-state index contributed by atoms with van der Waals surface area (Å²) in [6.07, 6.45) is -0.843. The van der Waals surface area contributed by atoms with Crippen molar-refractivity contribution < 1.29 is 9.66 Å². The molecule has 0 saturated carbocycles. The van der Waals surface area contributed by atoms with Crippen LogP contribution in [0.4, 0.5) is 5.69 Å². The Balaban J connectivity index is 2.02. The van der Waals surface area contributed by atoms with Gasteiger partial charge in [-0.05, 0) is 32.4 Å². The molecule has 5 rings (SSSR count). The summed E-state index contributed by atoms with van der Waals surface area (Å²) in [6.45, 7) is 6.22. The monoisotopic (exact) mass is 474 g/mol. The maximum Gasteiger partial charge on any atom is 0.331 e. The normalized spacial score (nSPS) is 16.9. The molecule has 0 radical (unpaired) electrons. The summed E-state index contributed by atoms with van der Waals surface area (Å²) in [5.74, 6) is 0. The van der Waals surface area contributed by atoms with Gasteiger partial charge in [-0.25, -0.2) is 4.79 Å². The Labute approximate surface area is 201 Å². The number of fused-ring (bicyclic) bond motifs is 3. The Bertz CT molecular complexity index is 1620. The van der Waals surface area contributed by atoms with E-state index in [-0.39, 0.29) is 12.3 Å². The summed E-state index contributed by atoms with van der Waals surface area (Å²) in [4.78, 5) is 38.1. The highest BCUT2D eigenvalue weighted by Gasteiger charge is 2.42. The van der Waals surface area contributed by atoms with Crippen molar-refractivity contribution >= 4 is 16.6 Å². The smallest absolute Gasteiger partial charge is 0.331 e. The predicted octanol–water partition coefficient (Wildman–Crippen LogP) is 3.78. The van der Waals surface area contributed by atoms with Gasteiger partial charge in [0, 0.05) is 20.2 Å². The topological polar surface area (TPSA) is 101 Å². The van der Waals surface area contributed by atoms with Crippen LogP contribution in [0.1, 0.15) is 36.8 Å². The Kier molecular flexibility index (Phi) is 5.06. The molecule has 1 atom stereocenters. The van der Waals surface area contributed by atoms with E-state index in [0.29, 0.717) is 27.9 Å². The van der Waals surface area contributed by atoms with E-state index in [4.69, 9.17) is 4.74 Å². The van der Waals surface area contributed by atoms with Gasteiger partial charge in [-0.15, -0.1) is 0 Å². The fourth-order valence-electron chi connectivity index (χ4n) is 5.09. The maximum atomic E-state index is 13.6. The molecule has 0 saturated heterocycles. The molecule has 3 heterocycles. The van der Waals surface area contributed by atoms with Crippen LogP contribution in [0.25, 0.3) is 22.2 Å². The lowest BCUT2D eigenvalue weighted by molar-refractivity contribution is -0.386. The SMILES string of the molecule is Cc1ccc(-c2c3c(=O)n(C)c(=O)n(C)c3c3n2C(C)(C)CO[C@H]3c2ccccc2[N+](=O)[O-])cc1. The summed E-state index contributed by atoms with van der Waals surface area (Å²) in [6, 6.07) is 14.3. The van der Waals surface area contributed by atoms with E-state index >= 15 is 0 Å². The number of hydrogen-bond acceptors (Lipinski definition) is 5. The third-order valence-corrected chi connectivity index (χ3v) is 6.81. The third kappa shape index (κ3) is 3.26. The third-order valence-electron chi connectivity index (χ3n) is 6.81. The molecule has 0 spiro atoms. The number of ether oxygens (including phenoxy) is 1. The molecule has 0 bridgehead atoms. The molecule has 1 aliphatic heterocycles. The van der Waals surface area contributed by atoms with Crippen LogP contribution in [0.15, 0.2) is 58.1 Å². The molecule has 2 aromatic heterocycles. The molecule has 35 heavy (non-hydrogen) atoms. The minimum atomic E-state index is -0.843. The minimum Gasteiger partial charge on any atom is -0.364 e. The highest BCUT2D eigenvalue weighted by Crippen LogP contribution is 2.46. The van der Waals surface area contributed by atoms with Crippen LogP contribution >= 0.6 is 0 Å². The summed E-state index contributed by atoms with van der Waals surface area (Å²) in [7, 11) is 3.07. The lowest BCUT2D eigenvalue weighted by Crippen LogP contribution is -2.40. The van der Waals surface area contributed by atoms with E-state index < -0.39 is 27.8 Å². The molecule has 0 amide bonds. The van der Waals surface area contributed by atoms with Gasteiger partial charge in [0.05, 0.1) is 44.9 Å². The standard InChI is InChI=1S/C26H26N4O5/c1-15-10-12-16(13-11-15)20-19-21(27(4)25(32)28(5)24(19)31)22-23(35-14-26(2,3)29(20)22)17-8-6-7-9-18(17)30(33)34/h6-13,23H,14H2,1-5H3/t23-/m0/s1. The van der Waals surface area contributed by atoms with Crippen LogP contribution in [-0.4, -0.2) is 25.2 Å². The number of nitro groups is 1. The number of rotatable bonds is 3. The zero-order chi connectivity index (χ0) is 25.2. The molecule has 4 aromatic rings. The van der Waals surface area contributed by atoms with Gasteiger partial charge in [0.2, 0.25) is 0 Å². The Hall–Kier alpha value is -3.98. The van der Waals surface area contributed by atoms with E-state index in [9.17, 15) is 19.7 Å². The summed E-state index contributed by atoms with van der Waals surface area (Å²) >= 11 is 0. The molecule has 1 aliphatic rings. The zero-order valence-corrected chi connectivity index (χ0v) is 20.2. The van der Waals surface area contributed by atoms with Crippen molar-refractivity contribution in [1.29, 1.82) is 0 Å². The number of hydrogen-bond donors (Lipinski definition) is 0. The van der Waals surface area contributed by atoms with Crippen molar-refractivity contribution in [1.82, 2.24) is 13.7 Å². The van der Waals surface area contributed by atoms with E-state index in [1.807, 2.05) is 49.6 Å². The molecule has 0 N–H and O–H groups in total. The van der Waals surface area contributed by atoms with Gasteiger partial charge in [-0.3, -0.25) is 24.0 Å². The molecule has 0 unspecified atom stereocenters. The van der Waals surface area contributed by atoms with Crippen molar-refractivity contribution in [3.05, 3.63) is 96.3 Å². The number of benzene rings is 2. The number of para-hydroxylation sites is 1. The minimum absolute atomic E-state index is 0.0798. The Morgan fingerprint density at radius 1 is 1.03 bits per heavy atom. The summed E-state index contributed by atoms with van der Waals surface area (Å²) in [5, 5.41) is 12.3. The van der Waals surface area contributed by atoms with Crippen molar-refractivity contribution in [2.45, 2.75) is 32.4 Å². The largest absolute Gasteiger partial charge is 0.364 e. The van der Waals surface area contributed by atoms with Gasteiger partial charge in [-0.1, -0.05) is 42.0 Å². The molecule has 0 aliphatic carbocycles. The van der Waals surface area contributed by atoms with Crippen molar-refractivity contribution in [3.63, 3.8) is 0 Å². The first-order chi connectivity index (χ1) is 16.5. The average Bonchev–Trinajstić information content (AvgIpc) is 3.19. The fourth-order valence-corrected chi connectivity index (χ4v) is 5.09. The van der Waals surface area contributed by atoms with Crippen molar-refractivity contribution in [2.24, 2.45) is 14.1 Å². The molecule has 180 valence electrons. The van der Waals surface area contributed by atoms with E-state index in [0.717, 1.165) is 15.7 Å². The zero-order valence-electron chi connectivity index (χ0n) is 20.2. The molecule has 9 heteroatoms. The first kappa shape index (κ1) is 22.8. The summed E-state index contributed by atoms with van der Waals surface area (Å²) < 4.78 is 10.9. The van der Waals surface area contributed by atoms with Crippen molar-refractivity contribution in [2.75, 3.05) is 6.61 Å². The number of aromatic nitrogens is 3. The first-order valence-electron chi connectivity index (χ1n) is 11.3. The highest BCUT2D eigenvalue weighted by molar-refractivity contribution is 5.97. The number of nitro benzene ring substituents is 1. The van der Waals surface area contributed by atoms with Crippen LogP contribution < -0.4 is 11.2 Å². The van der Waals surface area contributed by atoms with Crippen molar-refractivity contribution in [3.8, 4) is 11.3 Å². The molecule has 9 nitrogen and oxygen atoms in total. The number of nitrogens with zero attached hydrogens (tertiary/aromatic N) is 4. The second kappa shape index (κ2) is 7.78. The van der Waals surface area contributed by atoms with E-state index in [1.165, 1.54) is 17.7 Å². The second-order valence-electron chi connectivity index (χ2n) is 9.68. The van der Waals surface area contributed by atoms with Crippen LogP contribution in [0, 0.1) is 17.0 Å². The van der Waals surface area contributed by atoms with Crippen LogP contribution in [-0.2, 0) is 24.4 Å². The molecule has 0 fully saturated rings. The van der Waals surface area contributed by atoms with Crippen LogP contribution in [0.3, 0.4) is 0 Å². The van der Waals surface area contributed by atoms with Crippen LogP contribution in [0.2, 0.25) is 0 Å². The van der Waals surface area contributed by atoms with Gasteiger partial charge in [0.15, 0.2) is 0 Å². The van der Waals surface area contributed by atoms with Gasteiger partial charge in [0.1, 0.15) is 6.10 Å². The molecular formula is C26H26N4O5. The second-order valence-corrected chi connectivity index (χ2v) is 9.68. The fraction of sp³-hybridized carbons (Fsp3) is 0.308. The highest BCUT2D eigenvalue weighted by atomic mass is 16.6. The van der Waals surface area contributed by atoms with Gasteiger partial charge in [-0.2, -0.15) is 0 Å². The Morgan fingerprint density at radius 3 is 2.34 bits per heavy atom. The first-order valence-corrected chi connectivity index (χ1v) is 11.3. The van der Waals surface area contributed by atoms with Gasteiger partial charge in [0.25, 0.3) is 11.2 Å². The molecule has 2 aromatic carbocycles. The van der Waals surface area contributed by atoms with E-state index in [1.54, 1.807) is 25.2 Å². The molecular weight excluding hydrogens is 448 g/mol. The van der Waals surface area contributed by atoms with E-state index in [2.05, 4.69) is 0 Å². The van der Waals surface area contributed by atoms with Crippen LogP contribution in [0.5, 0.6) is 0 Å². The lowest BCUT2D eigenvalue weighted by Gasteiger charge is -2.39. The van der Waals surface area contributed by atoms with Gasteiger partial charge >= 0.3 is 5.69 Å². The predicted molar refractivity (Wildman–Crippen MR) is 133 cm³/mol. The Morgan fingerprint density at radius 2 is 1.69 bits per heavy atom. The average molecular weight is 475 g/mol. The maximum absolute atomic E-state index is 13.6. The van der Waals surface area contributed by atoms with Gasteiger partial charge < -0.3 is 9.30 Å².